The highest BCUT2D eigenvalue weighted by Gasteiger charge is 2.20. The van der Waals surface area contributed by atoms with Crippen molar-refractivity contribution < 1.29 is 9.69 Å². The number of piperazine rings is 1. The van der Waals surface area contributed by atoms with Gasteiger partial charge in [-0.25, -0.2) is 4.98 Å². The zero-order valence-corrected chi connectivity index (χ0v) is 14.4. The molecule has 0 bridgehead atoms. The van der Waals surface area contributed by atoms with Crippen LogP contribution >= 0.6 is 22.9 Å². The lowest BCUT2D eigenvalue weighted by Crippen LogP contribution is -3.15. The minimum absolute atomic E-state index is 0.0487. The first kappa shape index (κ1) is 16.2. The fourth-order valence-electron chi connectivity index (χ4n) is 2.74. The van der Waals surface area contributed by atoms with E-state index >= 15 is 0 Å². The summed E-state index contributed by atoms with van der Waals surface area (Å²) in [6.45, 7) is 4.97. The Balaban J connectivity index is 1.40. The highest BCUT2D eigenvalue weighted by atomic mass is 35.5. The van der Waals surface area contributed by atoms with Crippen molar-refractivity contribution in [3.63, 3.8) is 0 Å². The second-order valence-corrected chi connectivity index (χ2v) is 6.93. The lowest BCUT2D eigenvalue weighted by atomic mass is 10.2. The van der Waals surface area contributed by atoms with E-state index in [1.54, 1.807) is 6.20 Å². The molecule has 7 heteroatoms. The zero-order chi connectivity index (χ0) is 16.1. The topological polar surface area (TPSA) is 49.7 Å². The van der Waals surface area contributed by atoms with E-state index < -0.39 is 0 Å². The van der Waals surface area contributed by atoms with Gasteiger partial charge in [-0.05, 0) is 24.3 Å². The summed E-state index contributed by atoms with van der Waals surface area (Å²) in [5, 5.41) is 6.14. The first-order chi connectivity index (χ1) is 11.2. The van der Waals surface area contributed by atoms with Crippen LogP contribution in [0, 0.1) is 0 Å². The van der Waals surface area contributed by atoms with E-state index in [0.29, 0.717) is 11.6 Å². The third-order valence-corrected chi connectivity index (χ3v) is 4.99. The molecule has 2 heterocycles. The molecule has 0 aliphatic carbocycles. The van der Waals surface area contributed by atoms with Gasteiger partial charge in [-0.2, -0.15) is 0 Å². The van der Waals surface area contributed by atoms with Crippen molar-refractivity contribution in [1.82, 2.24) is 4.98 Å². The fraction of sp³-hybridized carbons (Fsp3) is 0.375. The average molecular weight is 352 g/mol. The molecule has 1 aliphatic heterocycles. The molecule has 23 heavy (non-hydrogen) atoms. The third-order valence-electron chi connectivity index (χ3n) is 4.05. The molecule has 0 unspecified atom stereocenters. The van der Waals surface area contributed by atoms with Crippen molar-refractivity contribution in [2.75, 3.05) is 42.9 Å². The van der Waals surface area contributed by atoms with Crippen LogP contribution in [-0.4, -0.2) is 43.6 Å². The Hall–Kier alpha value is -1.63. The summed E-state index contributed by atoms with van der Waals surface area (Å²) in [6, 6.07) is 7.99. The summed E-state index contributed by atoms with van der Waals surface area (Å²) in [4.78, 5) is 19.8. The van der Waals surface area contributed by atoms with Crippen molar-refractivity contribution in [2.24, 2.45) is 0 Å². The summed E-state index contributed by atoms with van der Waals surface area (Å²) < 4.78 is 0. The quantitative estimate of drug-likeness (QED) is 0.859. The molecule has 1 aromatic carbocycles. The molecule has 0 saturated carbocycles. The van der Waals surface area contributed by atoms with E-state index in [1.165, 1.54) is 21.9 Å². The van der Waals surface area contributed by atoms with Crippen molar-refractivity contribution >= 4 is 39.7 Å². The van der Waals surface area contributed by atoms with Crippen LogP contribution in [0.4, 0.5) is 10.8 Å². The molecule has 1 aliphatic rings. The van der Waals surface area contributed by atoms with Gasteiger partial charge in [0.2, 0.25) is 5.91 Å². The van der Waals surface area contributed by atoms with E-state index in [0.717, 1.165) is 37.7 Å². The molecular weight excluding hydrogens is 332 g/mol. The van der Waals surface area contributed by atoms with E-state index in [1.807, 2.05) is 17.5 Å². The maximum atomic E-state index is 11.9. The van der Waals surface area contributed by atoms with Gasteiger partial charge >= 0.3 is 0 Å². The molecular formula is C16H20ClN4OS+. The van der Waals surface area contributed by atoms with Crippen LogP contribution in [-0.2, 0) is 4.79 Å². The number of carbonyl (C=O) groups excluding carboxylic acids is 1. The van der Waals surface area contributed by atoms with Crippen molar-refractivity contribution in [3.05, 3.63) is 40.9 Å². The second kappa shape index (κ2) is 7.77. The number of anilines is 2. The second-order valence-electron chi connectivity index (χ2n) is 5.60. The number of amides is 1. The molecule has 0 atom stereocenters. The first-order valence-corrected chi connectivity index (χ1v) is 9.00. The minimum atomic E-state index is 0.0487. The monoisotopic (exact) mass is 351 g/mol. The third kappa shape index (κ3) is 4.67. The van der Waals surface area contributed by atoms with Crippen LogP contribution in [0.2, 0.25) is 5.02 Å². The number of thiazole rings is 1. The van der Waals surface area contributed by atoms with Gasteiger partial charge in [-0.3, -0.25) is 4.79 Å². The molecule has 1 amide bonds. The summed E-state index contributed by atoms with van der Waals surface area (Å²) in [7, 11) is 0. The summed E-state index contributed by atoms with van der Waals surface area (Å²) >= 11 is 7.38. The normalized spacial score (nSPS) is 15.6. The number of aromatic nitrogens is 1. The van der Waals surface area contributed by atoms with Crippen LogP contribution in [0.25, 0.3) is 0 Å². The van der Waals surface area contributed by atoms with Crippen molar-refractivity contribution in [3.8, 4) is 0 Å². The number of nitrogens with one attached hydrogen (secondary N) is 2. The number of nitrogens with zero attached hydrogens (tertiary/aromatic N) is 2. The molecule has 2 aromatic rings. The fourth-order valence-corrected chi connectivity index (χ4v) is 3.41. The molecule has 1 saturated heterocycles. The number of carbonyl (C=O) groups is 1. The molecule has 122 valence electrons. The molecule has 0 spiro atoms. The van der Waals surface area contributed by atoms with Crippen LogP contribution < -0.4 is 15.1 Å². The maximum absolute atomic E-state index is 11.9. The van der Waals surface area contributed by atoms with Crippen LogP contribution in [0.3, 0.4) is 0 Å². The Bertz CT molecular complexity index is 624. The Morgan fingerprint density at radius 1 is 1.30 bits per heavy atom. The Morgan fingerprint density at radius 3 is 2.70 bits per heavy atom. The van der Waals surface area contributed by atoms with E-state index in [4.69, 9.17) is 11.6 Å². The van der Waals surface area contributed by atoms with E-state index in [9.17, 15) is 4.79 Å². The van der Waals surface area contributed by atoms with Gasteiger partial charge in [0, 0.05) is 22.3 Å². The molecule has 1 aromatic heterocycles. The Labute approximate surface area is 144 Å². The van der Waals surface area contributed by atoms with Gasteiger partial charge in [-0.1, -0.05) is 11.6 Å². The predicted molar refractivity (Wildman–Crippen MR) is 94.6 cm³/mol. The summed E-state index contributed by atoms with van der Waals surface area (Å²) in [5.74, 6) is 0.0487. The van der Waals surface area contributed by atoms with Gasteiger partial charge < -0.3 is 15.1 Å². The SMILES string of the molecule is O=C(CC[NH+]1CCN(c2ccc(Cl)cc2)CC1)Nc1nccs1. The molecule has 3 rings (SSSR count). The van der Waals surface area contributed by atoms with Crippen LogP contribution in [0.1, 0.15) is 6.42 Å². The van der Waals surface area contributed by atoms with Gasteiger partial charge in [0.25, 0.3) is 0 Å². The van der Waals surface area contributed by atoms with Gasteiger partial charge in [-0.15, -0.1) is 11.3 Å². The number of quaternary nitrogens is 1. The standard InChI is InChI=1S/C16H19ClN4OS/c17-13-1-3-14(4-2-13)21-10-8-20(9-11-21)7-5-15(22)19-16-18-6-12-23-16/h1-4,6,12H,5,7-11H2,(H,18,19,22)/p+1. The molecule has 2 N–H and O–H groups in total. The largest absolute Gasteiger partial charge is 0.360 e. The lowest BCUT2D eigenvalue weighted by Gasteiger charge is -2.33. The molecule has 1 fully saturated rings. The number of rotatable bonds is 5. The number of halogens is 1. The van der Waals surface area contributed by atoms with E-state index in [-0.39, 0.29) is 5.91 Å². The van der Waals surface area contributed by atoms with Crippen LogP contribution in [0.15, 0.2) is 35.8 Å². The number of hydrogen-bond donors (Lipinski definition) is 2. The molecule has 5 nitrogen and oxygen atoms in total. The summed E-state index contributed by atoms with van der Waals surface area (Å²) in [6.07, 6.45) is 2.23. The number of hydrogen-bond acceptors (Lipinski definition) is 4. The average Bonchev–Trinajstić information content (AvgIpc) is 3.07. The zero-order valence-electron chi connectivity index (χ0n) is 12.8. The molecule has 0 radical (unpaired) electrons. The predicted octanol–water partition coefficient (Wildman–Crippen LogP) is 1.53. The smallest absolute Gasteiger partial charge is 0.231 e. The minimum Gasteiger partial charge on any atom is -0.360 e. The number of benzene rings is 1. The maximum Gasteiger partial charge on any atom is 0.231 e. The van der Waals surface area contributed by atoms with Crippen molar-refractivity contribution in [2.45, 2.75) is 6.42 Å². The highest BCUT2D eigenvalue weighted by Crippen LogP contribution is 2.17. The van der Waals surface area contributed by atoms with Gasteiger partial charge in [0.05, 0.1) is 39.1 Å². The Morgan fingerprint density at radius 2 is 2.04 bits per heavy atom. The van der Waals surface area contributed by atoms with E-state index in [2.05, 4.69) is 27.3 Å². The summed E-state index contributed by atoms with van der Waals surface area (Å²) in [5.41, 5.74) is 1.22. The first-order valence-electron chi connectivity index (χ1n) is 7.74. The van der Waals surface area contributed by atoms with Gasteiger partial charge in [0.1, 0.15) is 0 Å². The highest BCUT2D eigenvalue weighted by molar-refractivity contribution is 7.13. The lowest BCUT2D eigenvalue weighted by molar-refractivity contribution is -0.900. The Kier molecular flexibility index (Phi) is 5.48. The van der Waals surface area contributed by atoms with Crippen LogP contribution in [0.5, 0.6) is 0 Å². The van der Waals surface area contributed by atoms with Gasteiger partial charge in [0.15, 0.2) is 5.13 Å². The van der Waals surface area contributed by atoms with Crippen molar-refractivity contribution in [1.29, 1.82) is 0 Å².